The summed E-state index contributed by atoms with van der Waals surface area (Å²) in [6, 6.07) is 16.0. The minimum atomic E-state index is -0.418. The smallest absolute Gasteiger partial charge is 0.259 e. The van der Waals surface area contributed by atoms with E-state index < -0.39 is 5.82 Å². The molecule has 2 aromatic carbocycles. The summed E-state index contributed by atoms with van der Waals surface area (Å²) in [5, 5.41) is 6.34. The van der Waals surface area contributed by atoms with Crippen LogP contribution in [-0.2, 0) is 0 Å². The van der Waals surface area contributed by atoms with Crippen LogP contribution in [0, 0.1) is 5.82 Å². The fraction of sp³-hybridized carbons (Fsp3) is 0. The minimum absolute atomic E-state index is 0.344. The molecule has 0 saturated carbocycles. The van der Waals surface area contributed by atoms with Crippen molar-refractivity contribution in [2.75, 3.05) is 10.6 Å². The van der Waals surface area contributed by atoms with E-state index in [1.54, 1.807) is 48.7 Å². The largest absolute Gasteiger partial charge is 0.340 e. The number of rotatable bonds is 4. The van der Waals surface area contributed by atoms with Gasteiger partial charge in [0.15, 0.2) is 0 Å². The lowest BCUT2D eigenvalue weighted by molar-refractivity contribution is 0.102. The van der Waals surface area contributed by atoms with Gasteiger partial charge in [0.2, 0.25) is 0 Å². The third-order valence-corrected chi connectivity index (χ3v) is 3.49. The highest BCUT2D eigenvalue weighted by atomic mass is 35.5. The zero-order chi connectivity index (χ0) is 16.9. The summed E-state index contributed by atoms with van der Waals surface area (Å²) in [6.45, 7) is 0. The van der Waals surface area contributed by atoms with Gasteiger partial charge in [-0.25, -0.2) is 9.37 Å². The van der Waals surface area contributed by atoms with E-state index in [0.717, 1.165) is 5.69 Å². The van der Waals surface area contributed by atoms with E-state index in [9.17, 15) is 9.18 Å². The van der Waals surface area contributed by atoms with Crippen LogP contribution in [0.15, 0.2) is 66.9 Å². The minimum Gasteiger partial charge on any atom is -0.340 e. The van der Waals surface area contributed by atoms with E-state index in [1.807, 2.05) is 0 Å². The highest BCUT2D eigenvalue weighted by Crippen LogP contribution is 2.21. The standard InChI is InChI=1S/C18H13ClFN3O/c19-12-6-8-14(9-7-12)22-17-16(5-2-10-21-17)18(24)23-15-4-1-3-13(20)11-15/h1-11H,(H,21,22)(H,23,24). The third-order valence-electron chi connectivity index (χ3n) is 3.24. The Morgan fingerprint density at radius 2 is 1.79 bits per heavy atom. The lowest BCUT2D eigenvalue weighted by Gasteiger charge is -2.11. The molecule has 0 aliphatic carbocycles. The van der Waals surface area contributed by atoms with Crippen molar-refractivity contribution in [3.8, 4) is 0 Å². The van der Waals surface area contributed by atoms with Gasteiger partial charge in [-0.1, -0.05) is 17.7 Å². The summed E-state index contributed by atoms with van der Waals surface area (Å²) in [5.41, 5.74) is 1.47. The van der Waals surface area contributed by atoms with Crippen molar-refractivity contribution in [2.45, 2.75) is 0 Å². The van der Waals surface area contributed by atoms with E-state index >= 15 is 0 Å². The molecule has 2 N–H and O–H groups in total. The number of carbonyl (C=O) groups excluding carboxylic acids is 1. The van der Waals surface area contributed by atoms with Gasteiger partial charge in [0.25, 0.3) is 5.91 Å². The molecule has 0 atom stereocenters. The van der Waals surface area contributed by atoms with Crippen LogP contribution in [0.2, 0.25) is 5.02 Å². The van der Waals surface area contributed by atoms with E-state index in [0.29, 0.717) is 22.1 Å². The summed E-state index contributed by atoms with van der Waals surface area (Å²) < 4.78 is 13.2. The molecule has 0 bridgehead atoms. The Morgan fingerprint density at radius 3 is 2.54 bits per heavy atom. The van der Waals surface area contributed by atoms with Gasteiger partial charge >= 0.3 is 0 Å². The van der Waals surface area contributed by atoms with Crippen LogP contribution in [0.4, 0.5) is 21.6 Å². The van der Waals surface area contributed by atoms with Gasteiger partial charge in [-0.05, 0) is 54.6 Å². The summed E-state index contributed by atoms with van der Waals surface area (Å²) in [6.07, 6.45) is 1.58. The van der Waals surface area contributed by atoms with Crippen molar-refractivity contribution < 1.29 is 9.18 Å². The van der Waals surface area contributed by atoms with Gasteiger partial charge in [-0.3, -0.25) is 4.79 Å². The fourth-order valence-electron chi connectivity index (χ4n) is 2.12. The molecule has 1 amide bonds. The Labute approximate surface area is 143 Å². The van der Waals surface area contributed by atoms with E-state index in [1.165, 1.54) is 18.2 Å². The Hall–Kier alpha value is -2.92. The normalized spacial score (nSPS) is 10.2. The molecule has 3 aromatic rings. The number of aromatic nitrogens is 1. The monoisotopic (exact) mass is 341 g/mol. The maximum Gasteiger partial charge on any atom is 0.259 e. The number of nitrogens with one attached hydrogen (secondary N) is 2. The molecular formula is C18H13ClFN3O. The molecule has 4 nitrogen and oxygen atoms in total. The Balaban J connectivity index is 1.83. The van der Waals surface area contributed by atoms with E-state index in [4.69, 9.17) is 11.6 Å². The van der Waals surface area contributed by atoms with Crippen molar-refractivity contribution in [3.05, 3.63) is 83.3 Å². The first-order valence-electron chi connectivity index (χ1n) is 7.16. The molecule has 1 heterocycles. The van der Waals surface area contributed by atoms with Crippen LogP contribution in [0.3, 0.4) is 0 Å². The van der Waals surface area contributed by atoms with Crippen molar-refractivity contribution in [3.63, 3.8) is 0 Å². The molecule has 0 saturated heterocycles. The number of halogens is 2. The molecule has 0 radical (unpaired) electrons. The van der Waals surface area contributed by atoms with Gasteiger partial charge in [0.1, 0.15) is 11.6 Å². The van der Waals surface area contributed by atoms with Crippen LogP contribution in [0.1, 0.15) is 10.4 Å². The maximum absolute atomic E-state index is 13.2. The topological polar surface area (TPSA) is 54.0 Å². The summed E-state index contributed by atoms with van der Waals surface area (Å²) in [5.74, 6) is -0.405. The average Bonchev–Trinajstić information content (AvgIpc) is 2.57. The third kappa shape index (κ3) is 3.88. The Bertz CT molecular complexity index is 868. The zero-order valence-electron chi connectivity index (χ0n) is 12.5. The number of pyridine rings is 1. The maximum atomic E-state index is 13.2. The molecule has 3 rings (SSSR count). The molecule has 0 aliphatic rings. The summed E-state index contributed by atoms with van der Waals surface area (Å²) in [7, 11) is 0. The lowest BCUT2D eigenvalue weighted by atomic mass is 10.2. The SMILES string of the molecule is O=C(Nc1cccc(F)c1)c1cccnc1Nc1ccc(Cl)cc1. The van der Waals surface area contributed by atoms with Crippen molar-refractivity contribution in [1.82, 2.24) is 4.98 Å². The fourth-order valence-corrected chi connectivity index (χ4v) is 2.25. The zero-order valence-corrected chi connectivity index (χ0v) is 13.2. The second kappa shape index (κ2) is 7.10. The molecule has 0 fully saturated rings. The van der Waals surface area contributed by atoms with Crippen molar-refractivity contribution >= 4 is 34.7 Å². The Kier molecular flexibility index (Phi) is 4.72. The summed E-state index contributed by atoms with van der Waals surface area (Å²) >= 11 is 5.86. The average molecular weight is 342 g/mol. The first kappa shape index (κ1) is 16.0. The molecular weight excluding hydrogens is 329 g/mol. The number of anilines is 3. The Morgan fingerprint density at radius 1 is 1.00 bits per heavy atom. The number of benzene rings is 2. The van der Waals surface area contributed by atoms with E-state index in [-0.39, 0.29) is 5.91 Å². The van der Waals surface area contributed by atoms with Gasteiger partial charge in [-0.15, -0.1) is 0 Å². The second-order valence-corrected chi connectivity index (χ2v) is 5.43. The molecule has 6 heteroatoms. The van der Waals surface area contributed by atoms with Crippen LogP contribution in [0.5, 0.6) is 0 Å². The van der Waals surface area contributed by atoms with Crippen LogP contribution < -0.4 is 10.6 Å². The molecule has 24 heavy (non-hydrogen) atoms. The van der Waals surface area contributed by atoms with Gasteiger partial charge in [0, 0.05) is 22.6 Å². The highest BCUT2D eigenvalue weighted by molar-refractivity contribution is 6.30. The van der Waals surface area contributed by atoms with Crippen LogP contribution in [-0.4, -0.2) is 10.9 Å². The number of amides is 1. The quantitative estimate of drug-likeness (QED) is 0.711. The predicted octanol–water partition coefficient (Wildman–Crippen LogP) is 4.87. The van der Waals surface area contributed by atoms with Gasteiger partial charge < -0.3 is 10.6 Å². The first-order chi connectivity index (χ1) is 11.6. The molecule has 1 aromatic heterocycles. The number of hydrogen-bond acceptors (Lipinski definition) is 3. The van der Waals surface area contributed by atoms with E-state index in [2.05, 4.69) is 15.6 Å². The molecule has 0 aliphatic heterocycles. The second-order valence-electron chi connectivity index (χ2n) is 5.00. The first-order valence-corrected chi connectivity index (χ1v) is 7.54. The number of hydrogen-bond donors (Lipinski definition) is 2. The van der Waals surface area contributed by atoms with Crippen molar-refractivity contribution in [1.29, 1.82) is 0 Å². The molecule has 120 valence electrons. The van der Waals surface area contributed by atoms with Crippen LogP contribution >= 0.6 is 11.6 Å². The van der Waals surface area contributed by atoms with Crippen LogP contribution in [0.25, 0.3) is 0 Å². The predicted molar refractivity (Wildman–Crippen MR) is 93.3 cm³/mol. The summed E-state index contributed by atoms with van der Waals surface area (Å²) in [4.78, 5) is 16.7. The van der Waals surface area contributed by atoms with Gasteiger partial charge in [0.05, 0.1) is 5.56 Å². The highest BCUT2D eigenvalue weighted by Gasteiger charge is 2.13. The number of carbonyl (C=O) groups is 1. The molecule has 0 unspecified atom stereocenters. The molecule has 0 spiro atoms. The number of nitrogens with zero attached hydrogens (tertiary/aromatic N) is 1. The van der Waals surface area contributed by atoms with Crippen molar-refractivity contribution in [2.24, 2.45) is 0 Å². The lowest BCUT2D eigenvalue weighted by Crippen LogP contribution is -2.14. The van der Waals surface area contributed by atoms with Gasteiger partial charge in [-0.2, -0.15) is 0 Å².